The van der Waals surface area contributed by atoms with E-state index in [1.165, 1.54) is 19.2 Å². The van der Waals surface area contributed by atoms with Crippen LogP contribution in [0.3, 0.4) is 0 Å². The first-order chi connectivity index (χ1) is 18.3. The first-order valence-corrected chi connectivity index (χ1v) is 12.4. The molecule has 2 unspecified atom stereocenters. The Morgan fingerprint density at radius 1 is 1.15 bits per heavy atom. The summed E-state index contributed by atoms with van der Waals surface area (Å²) in [5.41, 5.74) is -1.89. The predicted molar refractivity (Wildman–Crippen MR) is 139 cm³/mol. The fourth-order valence-electron chi connectivity index (χ4n) is 4.22. The number of carbonyl (C=O) groups is 1. The average Bonchev–Trinajstić information content (AvgIpc) is 3.28. The van der Waals surface area contributed by atoms with Gasteiger partial charge in [-0.3, -0.25) is 9.36 Å². The number of hydrogen-bond donors (Lipinski definition) is 1. The van der Waals surface area contributed by atoms with Gasteiger partial charge < -0.3 is 14.6 Å². The molecule has 0 aliphatic heterocycles. The maximum Gasteiger partial charge on any atom is 0.431 e. The van der Waals surface area contributed by atoms with Crippen LogP contribution in [0.4, 0.5) is 13.2 Å². The van der Waals surface area contributed by atoms with Crippen molar-refractivity contribution in [3.8, 4) is 22.7 Å². The minimum absolute atomic E-state index is 0.0514. The lowest BCUT2D eigenvalue weighted by Crippen LogP contribution is -2.40. The topological polar surface area (TPSA) is 113 Å². The Labute approximate surface area is 223 Å². The summed E-state index contributed by atoms with van der Waals surface area (Å²) < 4.78 is 57.1. The number of ether oxygens (including phenoxy) is 2. The van der Waals surface area contributed by atoms with Crippen molar-refractivity contribution in [1.82, 2.24) is 13.5 Å². The van der Waals surface area contributed by atoms with Crippen molar-refractivity contribution in [3.63, 3.8) is 0 Å². The Morgan fingerprint density at radius 3 is 2.51 bits per heavy atom. The minimum Gasteiger partial charge on any atom is -0.478 e. The molecule has 2 aromatic heterocycles. The van der Waals surface area contributed by atoms with Crippen molar-refractivity contribution >= 4 is 27.6 Å². The fraction of sp³-hybridized carbons (Fsp3) is 0.308. The van der Waals surface area contributed by atoms with Crippen molar-refractivity contribution in [2.24, 2.45) is 13.0 Å². The highest BCUT2D eigenvalue weighted by Gasteiger charge is 2.35. The molecule has 1 N–H and O–H groups in total. The lowest BCUT2D eigenvalue weighted by molar-refractivity contribution is -0.148. The first kappa shape index (κ1) is 28.0. The maximum atomic E-state index is 13.3. The molecule has 0 fully saturated rings. The van der Waals surface area contributed by atoms with Crippen LogP contribution in [-0.2, 0) is 22.8 Å². The van der Waals surface area contributed by atoms with Gasteiger partial charge in [-0.25, -0.2) is 14.2 Å². The highest BCUT2D eigenvalue weighted by molar-refractivity contribution is 7.13. The third-order valence-corrected chi connectivity index (χ3v) is 6.98. The molecule has 0 bridgehead atoms. The smallest absolute Gasteiger partial charge is 0.431 e. The summed E-state index contributed by atoms with van der Waals surface area (Å²) >= 11 is 1.12. The van der Waals surface area contributed by atoms with Crippen LogP contribution < -0.4 is 16.0 Å². The van der Waals surface area contributed by atoms with Crippen molar-refractivity contribution in [2.75, 3.05) is 13.7 Å². The molecule has 4 rings (SSSR count). The number of hydrogen-bond acceptors (Lipinski definition) is 7. The number of methoxy groups -OCH3 is 1. The van der Waals surface area contributed by atoms with Crippen molar-refractivity contribution in [3.05, 3.63) is 74.6 Å². The normalized spacial score (nSPS) is 13.4. The van der Waals surface area contributed by atoms with Gasteiger partial charge in [0.15, 0.2) is 6.10 Å². The Morgan fingerprint density at radius 2 is 1.87 bits per heavy atom. The quantitative estimate of drug-likeness (QED) is 0.341. The molecule has 2 atom stereocenters. The third-order valence-electron chi connectivity index (χ3n) is 6.16. The molecule has 13 heteroatoms. The van der Waals surface area contributed by atoms with Crippen LogP contribution in [0.2, 0.25) is 0 Å². The molecular formula is C26H24F3N3O6S. The van der Waals surface area contributed by atoms with Gasteiger partial charge in [-0.1, -0.05) is 18.6 Å². The number of carboxylic acid groups (broad SMARTS) is 1. The molecule has 9 nitrogen and oxygen atoms in total. The number of fused-ring (bicyclic) bond motifs is 1. The summed E-state index contributed by atoms with van der Waals surface area (Å²) in [5.74, 6) is -1.41. The molecule has 2 aromatic carbocycles. The largest absolute Gasteiger partial charge is 0.478 e. The predicted octanol–water partition coefficient (Wildman–Crippen LogP) is 4.25. The van der Waals surface area contributed by atoms with E-state index in [0.717, 1.165) is 24.1 Å². The maximum absolute atomic E-state index is 13.3. The SMILES string of the molecule is COCC(C)C(Oc1ccc(C)cc1-c1nsc2ccc(-n3c(=O)cc(C(F)(F)F)n(C)c3=O)cc12)C(=O)O. The van der Waals surface area contributed by atoms with Crippen LogP contribution >= 0.6 is 11.5 Å². The van der Waals surface area contributed by atoms with Gasteiger partial charge in [0, 0.05) is 37.1 Å². The van der Waals surface area contributed by atoms with Crippen molar-refractivity contribution < 1.29 is 32.5 Å². The van der Waals surface area contributed by atoms with Gasteiger partial charge in [0.25, 0.3) is 5.56 Å². The zero-order valence-corrected chi connectivity index (χ0v) is 22.1. The average molecular weight is 564 g/mol. The number of carboxylic acids is 1. The Bertz CT molecular complexity index is 1670. The van der Waals surface area contributed by atoms with Gasteiger partial charge in [0.2, 0.25) is 0 Å². The lowest BCUT2D eigenvalue weighted by Gasteiger charge is -2.22. The van der Waals surface area contributed by atoms with Crippen LogP contribution in [0.5, 0.6) is 5.75 Å². The first-order valence-electron chi connectivity index (χ1n) is 11.6. The summed E-state index contributed by atoms with van der Waals surface area (Å²) in [5, 5.41) is 10.3. The highest BCUT2D eigenvalue weighted by Crippen LogP contribution is 2.38. The summed E-state index contributed by atoms with van der Waals surface area (Å²) in [6.45, 7) is 3.67. The Kier molecular flexibility index (Phi) is 7.66. The summed E-state index contributed by atoms with van der Waals surface area (Å²) in [6.07, 6.45) is -6.10. The minimum atomic E-state index is -4.88. The molecule has 0 aliphatic carbocycles. The van der Waals surface area contributed by atoms with Gasteiger partial charge in [-0.2, -0.15) is 17.5 Å². The molecule has 0 saturated carbocycles. The van der Waals surface area contributed by atoms with Gasteiger partial charge in [-0.05, 0) is 48.8 Å². The van der Waals surface area contributed by atoms with Gasteiger partial charge in [0.05, 0.1) is 22.7 Å². The zero-order chi connectivity index (χ0) is 28.6. The summed E-state index contributed by atoms with van der Waals surface area (Å²) in [7, 11) is 2.40. The van der Waals surface area contributed by atoms with Gasteiger partial charge in [-0.15, -0.1) is 0 Å². The van der Waals surface area contributed by atoms with E-state index in [-0.39, 0.29) is 18.0 Å². The highest BCUT2D eigenvalue weighted by atomic mass is 32.1. The summed E-state index contributed by atoms with van der Waals surface area (Å²) in [4.78, 5) is 37.4. The van der Waals surface area contributed by atoms with Crippen molar-refractivity contribution in [1.29, 1.82) is 0 Å². The van der Waals surface area contributed by atoms with E-state index in [2.05, 4.69) is 4.37 Å². The molecule has 0 saturated heterocycles. The van der Waals surface area contributed by atoms with E-state index in [0.29, 0.717) is 36.5 Å². The second-order valence-electron chi connectivity index (χ2n) is 9.06. The monoisotopic (exact) mass is 563 g/mol. The molecule has 2 heterocycles. The van der Waals surface area contributed by atoms with Crippen LogP contribution in [0.25, 0.3) is 27.0 Å². The number of benzene rings is 2. The fourth-order valence-corrected chi connectivity index (χ4v) is 4.99. The van der Waals surface area contributed by atoms with Crippen molar-refractivity contribution in [2.45, 2.75) is 26.1 Å². The zero-order valence-electron chi connectivity index (χ0n) is 21.3. The van der Waals surface area contributed by atoms with Gasteiger partial charge in [0.1, 0.15) is 11.4 Å². The summed E-state index contributed by atoms with van der Waals surface area (Å²) in [6, 6.07) is 10.1. The van der Waals surface area contributed by atoms with E-state index < -0.39 is 41.1 Å². The molecule has 206 valence electrons. The number of nitrogens with zero attached hydrogens (tertiary/aromatic N) is 3. The number of rotatable bonds is 8. The van der Waals surface area contributed by atoms with E-state index in [4.69, 9.17) is 9.47 Å². The number of halogens is 3. The van der Waals surface area contributed by atoms with Crippen LogP contribution in [0, 0.1) is 12.8 Å². The number of aromatic nitrogens is 3. The van der Waals surface area contributed by atoms with Gasteiger partial charge >= 0.3 is 17.8 Å². The third kappa shape index (κ3) is 5.45. The van der Waals surface area contributed by atoms with E-state index in [1.807, 2.05) is 6.92 Å². The second-order valence-corrected chi connectivity index (χ2v) is 9.87. The van der Waals surface area contributed by atoms with Crippen LogP contribution in [-0.4, -0.2) is 44.4 Å². The lowest BCUT2D eigenvalue weighted by atomic mass is 10.0. The number of aryl methyl sites for hydroxylation is 1. The molecular weight excluding hydrogens is 539 g/mol. The molecule has 0 spiro atoms. The van der Waals surface area contributed by atoms with Crippen LogP contribution in [0.1, 0.15) is 18.2 Å². The standard InChI is InChI=1S/C26H24F3N3O6S/c1-13-5-7-18(38-23(24(34)35)14(2)12-37-4)16(9-13)22-17-10-15(6-8-19(17)39-30-22)32-21(33)11-20(26(27,28)29)31(3)25(32)36/h5-11,14,23H,12H2,1-4H3,(H,34,35). The number of alkyl halides is 3. The van der Waals surface area contributed by atoms with E-state index in [9.17, 15) is 32.7 Å². The molecule has 0 aliphatic rings. The Balaban J connectivity index is 1.87. The molecule has 0 amide bonds. The molecule has 0 radical (unpaired) electrons. The van der Waals surface area contributed by atoms with Crippen LogP contribution in [0.15, 0.2) is 52.1 Å². The second kappa shape index (κ2) is 10.7. The number of aliphatic carboxylic acids is 1. The Hall–Kier alpha value is -3.97. The van der Waals surface area contributed by atoms with E-state index in [1.54, 1.807) is 31.2 Å². The molecule has 4 aromatic rings. The van der Waals surface area contributed by atoms with E-state index >= 15 is 0 Å². The molecule has 39 heavy (non-hydrogen) atoms.